The fraction of sp³-hybridized carbons (Fsp3) is 0.750. The van der Waals surface area contributed by atoms with Crippen LogP contribution in [0.1, 0.15) is 46.5 Å². The molecule has 3 fully saturated rings. The van der Waals surface area contributed by atoms with Gasteiger partial charge in [-0.25, -0.2) is 4.39 Å². The van der Waals surface area contributed by atoms with Crippen molar-refractivity contribution in [2.45, 2.75) is 58.7 Å². The number of β-amino-alcohol motifs (C(OH)–C–C–N with tert-alkyl or cyclic N) is 1. The molecule has 0 aromatic heterocycles. The summed E-state index contributed by atoms with van der Waals surface area (Å²) < 4.78 is 19.4. The number of benzene rings is 1. The summed E-state index contributed by atoms with van der Waals surface area (Å²) in [6.07, 6.45) is 4.52. The average Bonchev–Trinajstić information content (AvgIpc) is 3.03. The van der Waals surface area contributed by atoms with Crippen LogP contribution in [0.2, 0.25) is 0 Å². The van der Waals surface area contributed by atoms with Gasteiger partial charge in [-0.3, -0.25) is 4.90 Å². The van der Waals surface area contributed by atoms with Crippen molar-refractivity contribution >= 4 is 5.69 Å². The number of hydrogen-bond donors (Lipinski definition) is 1. The largest absolute Gasteiger partial charge is 0.392 e. The molecule has 2 saturated carbocycles. The van der Waals surface area contributed by atoms with Crippen molar-refractivity contribution in [3.8, 4) is 0 Å². The lowest BCUT2D eigenvalue weighted by Crippen LogP contribution is -2.48. The first-order chi connectivity index (χ1) is 13.8. The molecule has 2 aliphatic carbocycles. The maximum absolute atomic E-state index is 13.1. The number of rotatable bonds is 7. The average molecular weight is 405 g/mol. The van der Waals surface area contributed by atoms with Gasteiger partial charge in [0.25, 0.3) is 0 Å². The minimum absolute atomic E-state index is 0.194. The zero-order valence-corrected chi connectivity index (χ0v) is 18.2. The fourth-order valence-electron chi connectivity index (χ4n) is 5.96. The first kappa shape index (κ1) is 21.1. The van der Waals surface area contributed by atoms with Crippen LogP contribution in [0.3, 0.4) is 0 Å². The third kappa shape index (κ3) is 4.06. The van der Waals surface area contributed by atoms with Gasteiger partial charge in [0, 0.05) is 45.0 Å². The molecule has 1 N–H and O–H groups in total. The third-order valence-corrected chi connectivity index (χ3v) is 8.52. The van der Waals surface area contributed by atoms with Gasteiger partial charge in [-0.05, 0) is 66.7 Å². The van der Waals surface area contributed by atoms with E-state index in [4.69, 9.17) is 4.74 Å². The molecule has 3 aliphatic rings. The SMILES string of the molecule is CC1(C)[C@H]2CC[C@]1(C)[C@H](OCC[C@H](O)CN1CCN(c3ccc(F)cc3)CC1)C2. The van der Waals surface area contributed by atoms with E-state index in [9.17, 15) is 9.50 Å². The minimum Gasteiger partial charge on any atom is -0.392 e. The van der Waals surface area contributed by atoms with Gasteiger partial charge in [0.05, 0.1) is 12.2 Å². The van der Waals surface area contributed by atoms with Gasteiger partial charge in [0.1, 0.15) is 5.82 Å². The van der Waals surface area contributed by atoms with Crippen molar-refractivity contribution in [1.29, 1.82) is 0 Å². The Morgan fingerprint density at radius 3 is 2.41 bits per heavy atom. The Morgan fingerprint density at radius 1 is 1.14 bits per heavy atom. The minimum atomic E-state index is -0.341. The molecule has 1 aromatic rings. The molecule has 4 nitrogen and oxygen atoms in total. The summed E-state index contributed by atoms with van der Waals surface area (Å²) >= 11 is 0. The van der Waals surface area contributed by atoms with Crippen LogP contribution in [0.5, 0.6) is 0 Å². The summed E-state index contributed by atoms with van der Waals surface area (Å²) in [7, 11) is 0. The molecular formula is C24H37FN2O2. The topological polar surface area (TPSA) is 35.9 Å². The monoisotopic (exact) mass is 404 g/mol. The van der Waals surface area contributed by atoms with E-state index in [-0.39, 0.29) is 11.9 Å². The highest BCUT2D eigenvalue weighted by Gasteiger charge is 2.61. The summed E-state index contributed by atoms with van der Waals surface area (Å²) in [4.78, 5) is 4.61. The highest BCUT2D eigenvalue weighted by Crippen LogP contribution is 2.66. The quantitative estimate of drug-likeness (QED) is 0.747. The number of halogens is 1. The molecule has 1 saturated heterocycles. The molecule has 4 atom stereocenters. The Morgan fingerprint density at radius 2 is 1.83 bits per heavy atom. The summed E-state index contributed by atoms with van der Waals surface area (Å²) in [6.45, 7) is 12.2. The van der Waals surface area contributed by atoms with Crippen LogP contribution < -0.4 is 4.90 Å². The van der Waals surface area contributed by atoms with Crippen molar-refractivity contribution in [2.24, 2.45) is 16.7 Å². The lowest BCUT2D eigenvalue weighted by Gasteiger charge is -2.39. The van der Waals surface area contributed by atoms with Gasteiger partial charge < -0.3 is 14.7 Å². The predicted octanol–water partition coefficient (Wildman–Crippen LogP) is 3.93. The molecule has 2 bridgehead atoms. The summed E-state index contributed by atoms with van der Waals surface area (Å²) in [5, 5.41) is 10.5. The molecule has 162 valence electrons. The van der Waals surface area contributed by atoms with Gasteiger partial charge in [-0.15, -0.1) is 0 Å². The zero-order chi connectivity index (χ0) is 20.6. The summed E-state index contributed by atoms with van der Waals surface area (Å²) in [6, 6.07) is 6.72. The van der Waals surface area contributed by atoms with Gasteiger partial charge in [0.15, 0.2) is 0 Å². The second-order valence-electron chi connectivity index (χ2n) is 10.2. The van der Waals surface area contributed by atoms with E-state index in [1.54, 1.807) is 0 Å². The van der Waals surface area contributed by atoms with Crippen LogP contribution in [0.15, 0.2) is 24.3 Å². The number of ether oxygens (including phenoxy) is 1. The fourth-order valence-corrected chi connectivity index (χ4v) is 5.96. The molecule has 5 heteroatoms. The van der Waals surface area contributed by atoms with Gasteiger partial charge in [-0.1, -0.05) is 20.8 Å². The lowest BCUT2D eigenvalue weighted by molar-refractivity contribution is -0.0564. The van der Waals surface area contributed by atoms with Gasteiger partial charge >= 0.3 is 0 Å². The molecule has 0 amide bonds. The van der Waals surface area contributed by atoms with Crippen LogP contribution in [-0.4, -0.2) is 61.5 Å². The van der Waals surface area contributed by atoms with Crippen molar-refractivity contribution < 1.29 is 14.2 Å². The van der Waals surface area contributed by atoms with Crippen molar-refractivity contribution in [2.75, 3.05) is 44.2 Å². The number of aliphatic hydroxyl groups is 1. The van der Waals surface area contributed by atoms with E-state index in [0.717, 1.165) is 37.8 Å². The van der Waals surface area contributed by atoms with E-state index in [2.05, 4.69) is 30.6 Å². The van der Waals surface area contributed by atoms with Crippen LogP contribution in [0, 0.1) is 22.6 Å². The molecule has 1 aromatic carbocycles. The Kier molecular flexibility index (Phi) is 5.93. The van der Waals surface area contributed by atoms with E-state index in [0.29, 0.717) is 36.5 Å². The zero-order valence-electron chi connectivity index (χ0n) is 18.2. The number of piperazine rings is 1. The van der Waals surface area contributed by atoms with Gasteiger partial charge in [-0.2, -0.15) is 0 Å². The number of fused-ring (bicyclic) bond motifs is 2. The third-order valence-electron chi connectivity index (χ3n) is 8.52. The Hall–Kier alpha value is -1.17. The molecule has 0 unspecified atom stereocenters. The van der Waals surface area contributed by atoms with E-state index < -0.39 is 0 Å². The Balaban J connectivity index is 1.17. The highest BCUT2D eigenvalue weighted by atomic mass is 19.1. The van der Waals surface area contributed by atoms with Crippen LogP contribution in [0.25, 0.3) is 0 Å². The number of nitrogens with zero attached hydrogens (tertiary/aromatic N) is 2. The van der Waals surface area contributed by atoms with Crippen LogP contribution >= 0.6 is 0 Å². The molecule has 1 heterocycles. The summed E-state index contributed by atoms with van der Waals surface area (Å²) in [5.74, 6) is 0.598. The molecule has 1 aliphatic heterocycles. The highest BCUT2D eigenvalue weighted by molar-refractivity contribution is 5.46. The second-order valence-corrected chi connectivity index (χ2v) is 10.2. The number of aliphatic hydroxyl groups excluding tert-OH is 1. The first-order valence-corrected chi connectivity index (χ1v) is 11.3. The normalized spacial score (nSPS) is 32.7. The molecule has 0 spiro atoms. The predicted molar refractivity (Wildman–Crippen MR) is 115 cm³/mol. The van der Waals surface area contributed by atoms with Crippen LogP contribution in [0.4, 0.5) is 10.1 Å². The first-order valence-electron chi connectivity index (χ1n) is 11.3. The maximum Gasteiger partial charge on any atom is 0.123 e. The standard InChI is InChI=1S/C24H37FN2O2/c1-23(2)18-8-10-24(23,3)22(16-18)29-15-9-21(28)17-26-11-13-27(14-12-26)20-6-4-19(25)5-7-20/h4-7,18,21-22,28H,8-17H2,1-3H3/t18-,21-,22+,24+/m0/s1. The molecule has 0 radical (unpaired) electrons. The number of hydrogen-bond acceptors (Lipinski definition) is 4. The van der Waals surface area contributed by atoms with E-state index in [1.165, 1.54) is 31.4 Å². The second kappa shape index (κ2) is 8.16. The summed E-state index contributed by atoms with van der Waals surface area (Å²) in [5.41, 5.74) is 1.74. The molecule has 29 heavy (non-hydrogen) atoms. The maximum atomic E-state index is 13.1. The smallest absolute Gasteiger partial charge is 0.123 e. The molecule has 4 rings (SSSR count). The lowest BCUT2D eigenvalue weighted by atomic mass is 9.70. The Labute approximate surface area is 175 Å². The van der Waals surface area contributed by atoms with Gasteiger partial charge in [0.2, 0.25) is 0 Å². The molecular weight excluding hydrogens is 367 g/mol. The van der Waals surface area contributed by atoms with Crippen molar-refractivity contribution in [3.63, 3.8) is 0 Å². The number of anilines is 1. The Bertz CT molecular complexity index is 687. The van der Waals surface area contributed by atoms with Crippen molar-refractivity contribution in [3.05, 3.63) is 30.1 Å². The van der Waals surface area contributed by atoms with E-state index in [1.807, 2.05) is 12.1 Å². The van der Waals surface area contributed by atoms with Crippen LogP contribution in [-0.2, 0) is 4.74 Å². The van der Waals surface area contributed by atoms with E-state index >= 15 is 0 Å². The van der Waals surface area contributed by atoms with Crippen molar-refractivity contribution in [1.82, 2.24) is 4.90 Å².